The van der Waals surface area contributed by atoms with E-state index >= 15 is 0 Å². The molecule has 2 N–H and O–H groups in total. The smallest absolute Gasteiger partial charge is 0.159 e. The Morgan fingerprint density at radius 2 is 1.65 bits per heavy atom. The number of hydrogen-bond acceptors (Lipinski definition) is 3. The number of nitrogens with one attached hydrogen (secondary N) is 1. The Bertz CT molecular complexity index is 736. The van der Waals surface area contributed by atoms with E-state index in [0.29, 0.717) is 17.6 Å². The van der Waals surface area contributed by atoms with Crippen molar-refractivity contribution < 1.29 is 47.4 Å². The van der Waals surface area contributed by atoms with E-state index in [9.17, 15) is 9.59 Å². The number of carbonyl (C=O) groups excluding carboxylic acids is 2. The average molecular weight is 383 g/mol. The van der Waals surface area contributed by atoms with Gasteiger partial charge in [0.2, 0.25) is 0 Å². The van der Waals surface area contributed by atoms with Crippen molar-refractivity contribution in [2.45, 2.75) is 13.3 Å². The van der Waals surface area contributed by atoms with Crippen molar-refractivity contribution in [3.05, 3.63) is 76.5 Å². The largest absolute Gasteiger partial charge is 0.664 e. The first-order valence-electron chi connectivity index (χ1n) is 6.82. The molecule has 0 saturated carbocycles. The van der Waals surface area contributed by atoms with Crippen LogP contribution in [-0.4, -0.2) is 16.8 Å². The standard InChI is InChI=1S/C10H9NO.C8H8O2.Y/c11-10(12)9-5-7-3-1-2-4-8(7)6-9;1-6(9)7-2-4-8(10)5-3-7;/h1-5H,6H2,(H2,11,12);2-5,10H,1H3;/p-1. The Morgan fingerprint density at radius 1 is 1.04 bits per heavy atom. The van der Waals surface area contributed by atoms with E-state index in [1.807, 2.05) is 24.3 Å². The summed E-state index contributed by atoms with van der Waals surface area (Å²) in [5.74, 6) is -0.365. The number of hydrogen-bond donors (Lipinski definition) is 1. The van der Waals surface area contributed by atoms with E-state index in [2.05, 4.69) is 0 Å². The third-order valence-corrected chi connectivity index (χ3v) is 3.33. The maximum atomic E-state index is 10.7. The number of amides is 1. The molecule has 4 nitrogen and oxygen atoms in total. The molecule has 2 aromatic carbocycles. The molecule has 2 aromatic rings. The maximum Gasteiger partial charge on any atom is 0.159 e. The summed E-state index contributed by atoms with van der Waals surface area (Å²) >= 11 is 0. The number of benzene rings is 2. The van der Waals surface area contributed by atoms with Crippen molar-refractivity contribution in [3.8, 4) is 5.75 Å². The predicted molar refractivity (Wildman–Crippen MR) is 85.6 cm³/mol. The van der Waals surface area contributed by atoms with Gasteiger partial charge in [-0.2, -0.15) is 0 Å². The van der Waals surface area contributed by atoms with E-state index in [1.54, 1.807) is 18.2 Å². The van der Waals surface area contributed by atoms with E-state index < -0.39 is 5.91 Å². The van der Waals surface area contributed by atoms with Gasteiger partial charge in [-0.3, -0.25) is 4.79 Å². The topological polar surface area (TPSA) is 78.2 Å². The number of rotatable bonds is 2. The molecule has 0 spiro atoms. The van der Waals surface area contributed by atoms with Gasteiger partial charge in [0.1, 0.15) is 5.75 Å². The average Bonchev–Trinajstić information content (AvgIpc) is 2.92. The van der Waals surface area contributed by atoms with Gasteiger partial charge in [0.25, 0.3) is 0 Å². The molecule has 0 saturated heterocycles. The molecule has 1 radical (unpaired) electrons. The summed E-state index contributed by atoms with van der Waals surface area (Å²) in [5, 5.41) is 8.83. The van der Waals surface area contributed by atoms with Gasteiger partial charge < -0.3 is 15.6 Å². The zero-order valence-electron chi connectivity index (χ0n) is 12.7. The van der Waals surface area contributed by atoms with Crippen molar-refractivity contribution in [2.75, 3.05) is 0 Å². The van der Waals surface area contributed by atoms with Gasteiger partial charge in [-0.25, -0.2) is 0 Å². The molecular weight excluding hydrogens is 367 g/mol. The van der Waals surface area contributed by atoms with Crippen molar-refractivity contribution in [3.63, 3.8) is 0 Å². The van der Waals surface area contributed by atoms with Gasteiger partial charge in [-0.15, -0.1) is 0 Å². The van der Waals surface area contributed by atoms with Crippen LogP contribution in [0.15, 0.2) is 54.1 Å². The third kappa shape index (κ3) is 5.41. The first kappa shape index (κ1) is 19.3. The molecule has 3 rings (SSSR count). The maximum absolute atomic E-state index is 10.7. The molecule has 1 aliphatic carbocycles. The Kier molecular flexibility index (Phi) is 7.33. The molecule has 1 aliphatic rings. The van der Waals surface area contributed by atoms with E-state index in [-0.39, 0.29) is 44.2 Å². The van der Waals surface area contributed by atoms with Crippen LogP contribution >= 0.6 is 0 Å². The molecule has 0 aromatic heterocycles. The molecule has 23 heavy (non-hydrogen) atoms. The van der Waals surface area contributed by atoms with E-state index in [1.165, 1.54) is 19.1 Å². The van der Waals surface area contributed by atoms with Gasteiger partial charge in [-0.1, -0.05) is 24.3 Å². The van der Waals surface area contributed by atoms with Crippen LogP contribution in [0.3, 0.4) is 0 Å². The molecule has 0 atom stereocenters. The minimum atomic E-state index is -0.564. The van der Waals surface area contributed by atoms with Crippen molar-refractivity contribution >= 4 is 17.8 Å². The van der Waals surface area contributed by atoms with E-state index in [0.717, 1.165) is 11.1 Å². The van der Waals surface area contributed by atoms with Gasteiger partial charge in [0.15, 0.2) is 5.78 Å². The minimum Gasteiger partial charge on any atom is -0.664 e. The molecule has 0 heterocycles. The summed E-state index contributed by atoms with van der Waals surface area (Å²) in [5.41, 5.74) is 10.4. The first-order valence-corrected chi connectivity index (χ1v) is 6.82. The van der Waals surface area contributed by atoms with Gasteiger partial charge in [0, 0.05) is 38.3 Å². The number of phenols is 1. The fraction of sp³-hybridized carbons (Fsp3) is 0.111. The second-order valence-corrected chi connectivity index (χ2v) is 4.98. The van der Waals surface area contributed by atoms with Gasteiger partial charge in [-0.05, 0) is 60.4 Å². The van der Waals surface area contributed by atoms with Crippen molar-refractivity contribution in [1.82, 2.24) is 0 Å². The molecule has 0 fully saturated rings. The predicted octanol–water partition coefficient (Wildman–Crippen LogP) is 3.80. The third-order valence-electron chi connectivity index (χ3n) is 3.33. The molecular formula is C18H16NO3Y-. The summed E-state index contributed by atoms with van der Waals surface area (Å²) < 4.78 is 0. The number of Topliss-reactive ketones (excluding diaryl/α,β-unsaturated/α-hetero) is 1. The Morgan fingerprint density at radius 3 is 2.17 bits per heavy atom. The summed E-state index contributed by atoms with van der Waals surface area (Å²) in [6, 6.07) is 14.0. The Hall–Kier alpha value is -1.78. The van der Waals surface area contributed by atoms with Gasteiger partial charge >= 0.3 is 0 Å². The SMILES string of the molecule is CC(=O)c1ccc(O)cc1.[NH-]C(=O)C1=Cc2ccccc2C1.[Y]. The Balaban J connectivity index is 0.000000224. The molecule has 5 heteroatoms. The van der Waals surface area contributed by atoms with Crippen molar-refractivity contribution in [1.29, 1.82) is 0 Å². The van der Waals surface area contributed by atoms with Crippen molar-refractivity contribution in [2.24, 2.45) is 0 Å². The van der Waals surface area contributed by atoms with Crippen LogP contribution in [0, 0.1) is 0 Å². The number of carbonyl (C=O) groups is 2. The van der Waals surface area contributed by atoms with Crippen LogP contribution in [0.1, 0.15) is 28.4 Å². The summed E-state index contributed by atoms with van der Waals surface area (Å²) in [6.07, 6.45) is 2.42. The summed E-state index contributed by atoms with van der Waals surface area (Å²) in [4.78, 5) is 21.4. The van der Waals surface area contributed by atoms with Crippen LogP contribution in [0.2, 0.25) is 0 Å². The van der Waals surface area contributed by atoms with E-state index in [4.69, 9.17) is 10.8 Å². The van der Waals surface area contributed by atoms with Crippen LogP contribution in [-0.2, 0) is 43.9 Å². The number of fused-ring (bicyclic) bond motifs is 1. The normalized spacial score (nSPS) is 11.3. The summed E-state index contributed by atoms with van der Waals surface area (Å²) in [6.45, 7) is 1.49. The first-order chi connectivity index (χ1) is 10.5. The quantitative estimate of drug-likeness (QED) is 0.802. The second-order valence-electron chi connectivity index (χ2n) is 4.98. The minimum absolute atomic E-state index is 0. The number of ketones is 1. The fourth-order valence-corrected chi connectivity index (χ4v) is 2.12. The second kappa shape index (κ2) is 8.75. The molecule has 0 bridgehead atoms. The Labute approximate surface area is 160 Å². The number of aromatic hydroxyl groups is 1. The monoisotopic (exact) mass is 383 g/mol. The number of phenolic OH excluding ortho intramolecular Hbond substituents is 1. The molecule has 0 aliphatic heterocycles. The van der Waals surface area contributed by atoms with Gasteiger partial charge in [0.05, 0.1) is 5.91 Å². The van der Waals surface area contributed by atoms with Crippen LogP contribution in [0.4, 0.5) is 0 Å². The summed E-state index contributed by atoms with van der Waals surface area (Å²) in [7, 11) is 0. The zero-order valence-corrected chi connectivity index (χ0v) is 15.6. The van der Waals surface area contributed by atoms with Crippen LogP contribution < -0.4 is 0 Å². The fourth-order valence-electron chi connectivity index (χ4n) is 2.12. The zero-order chi connectivity index (χ0) is 16.1. The molecule has 115 valence electrons. The molecule has 1 amide bonds. The van der Waals surface area contributed by atoms with Crippen LogP contribution in [0.25, 0.3) is 11.8 Å². The van der Waals surface area contributed by atoms with Crippen LogP contribution in [0.5, 0.6) is 5.75 Å². The molecule has 0 unspecified atom stereocenters.